The highest BCUT2D eigenvalue weighted by Crippen LogP contribution is 2.49. The summed E-state index contributed by atoms with van der Waals surface area (Å²) in [7, 11) is 0. The summed E-state index contributed by atoms with van der Waals surface area (Å²) in [4.78, 5) is 17.9. The lowest BCUT2D eigenvalue weighted by Crippen LogP contribution is -2.56. The van der Waals surface area contributed by atoms with Crippen molar-refractivity contribution in [2.24, 2.45) is 5.92 Å². The number of aromatic amines is 1. The molecule has 1 fully saturated rings. The average molecular weight is 517 g/mol. The number of carbonyl (C=O) groups is 1. The van der Waals surface area contributed by atoms with Gasteiger partial charge in [-0.3, -0.25) is 14.8 Å². The number of nitrogens with zero attached hydrogens (tertiary/aromatic N) is 3. The third-order valence-electron chi connectivity index (χ3n) is 6.93. The fourth-order valence-corrected chi connectivity index (χ4v) is 6.31. The Balaban J connectivity index is 1.78. The van der Waals surface area contributed by atoms with Gasteiger partial charge in [-0.25, -0.2) is 8.78 Å². The van der Waals surface area contributed by atoms with E-state index in [4.69, 9.17) is 0 Å². The Hall–Kier alpha value is -2.82. The van der Waals surface area contributed by atoms with Gasteiger partial charge >= 0.3 is 0 Å². The molecule has 0 spiro atoms. The standard InChI is InChI=1S/C26H30F2N4O3S/c1-12(2)10-31-25-22(24(34)32(26(31)35)15-5-6-15)21(16-7-8-19(27)18(11-33)23(16)28)20(36-25)9-17-13(3)29-30-14(17)4/h7-8,12,15,26,33,35H,5-6,9-11H2,1-4H3,(H,29,30). The zero-order valence-electron chi connectivity index (χ0n) is 20.7. The zero-order chi connectivity index (χ0) is 25.9. The monoisotopic (exact) mass is 516 g/mol. The van der Waals surface area contributed by atoms with Crippen LogP contribution < -0.4 is 4.90 Å². The summed E-state index contributed by atoms with van der Waals surface area (Å²) in [6.45, 7) is 7.55. The summed E-state index contributed by atoms with van der Waals surface area (Å²) in [5, 5.41) is 28.7. The summed E-state index contributed by atoms with van der Waals surface area (Å²) < 4.78 is 30.0. The second kappa shape index (κ2) is 9.24. The van der Waals surface area contributed by atoms with Gasteiger partial charge in [-0.05, 0) is 44.7 Å². The molecule has 7 nitrogen and oxygen atoms in total. The van der Waals surface area contributed by atoms with E-state index in [1.807, 2.05) is 32.6 Å². The number of aryl methyl sites for hydroxylation is 2. The van der Waals surface area contributed by atoms with Crippen LogP contribution in [0.25, 0.3) is 11.1 Å². The van der Waals surface area contributed by atoms with Gasteiger partial charge in [-0.1, -0.05) is 13.8 Å². The maximum Gasteiger partial charge on any atom is 0.261 e. The number of thiophene rings is 1. The van der Waals surface area contributed by atoms with Crippen LogP contribution in [-0.4, -0.2) is 50.2 Å². The number of aliphatic hydroxyl groups is 2. The van der Waals surface area contributed by atoms with Crippen molar-refractivity contribution in [2.75, 3.05) is 11.4 Å². The first-order valence-corrected chi connectivity index (χ1v) is 13.0. The van der Waals surface area contributed by atoms with E-state index in [9.17, 15) is 19.4 Å². The summed E-state index contributed by atoms with van der Waals surface area (Å²) in [6.07, 6.45) is 0.872. The van der Waals surface area contributed by atoms with Crippen LogP contribution in [0.2, 0.25) is 0 Å². The molecule has 0 bridgehead atoms. The zero-order valence-corrected chi connectivity index (χ0v) is 21.5. The van der Waals surface area contributed by atoms with Crippen molar-refractivity contribution in [1.82, 2.24) is 15.1 Å². The molecule has 1 amide bonds. The molecule has 2 aliphatic rings. The van der Waals surface area contributed by atoms with E-state index >= 15 is 4.39 Å². The third kappa shape index (κ3) is 4.01. The van der Waals surface area contributed by atoms with E-state index in [1.54, 1.807) is 0 Å². The van der Waals surface area contributed by atoms with Gasteiger partial charge in [0.15, 0.2) is 0 Å². The van der Waals surface area contributed by atoms with Gasteiger partial charge < -0.3 is 15.1 Å². The number of hydrogen-bond donors (Lipinski definition) is 3. The van der Waals surface area contributed by atoms with E-state index < -0.39 is 30.2 Å². The molecule has 1 aliphatic carbocycles. The fraction of sp³-hybridized carbons (Fsp3) is 0.462. The smallest absolute Gasteiger partial charge is 0.261 e. The molecule has 3 heterocycles. The predicted molar refractivity (Wildman–Crippen MR) is 134 cm³/mol. The number of hydrogen-bond acceptors (Lipinski definition) is 6. The van der Waals surface area contributed by atoms with Gasteiger partial charge in [-0.2, -0.15) is 5.10 Å². The van der Waals surface area contributed by atoms with E-state index in [0.29, 0.717) is 34.0 Å². The van der Waals surface area contributed by atoms with Gasteiger partial charge in [0, 0.05) is 51.8 Å². The predicted octanol–water partition coefficient (Wildman–Crippen LogP) is 4.47. The number of amides is 1. The highest BCUT2D eigenvalue weighted by molar-refractivity contribution is 7.17. The lowest BCUT2D eigenvalue weighted by atomic mass is 9.94. The van der Waals surface area contributed by atoms with Crippen LogP contribution >= 0.6 is 11.3 Å². The van der Waals surface area contributed by atoms with Crippen molar-refractivity contribution in [3.8, 4) is 11.1 Å². The first-order valence-electron chi connectivity index (χ1n) is 12.2. The van der Waals surface area contributed by atoms with Crippen LogP contribution in [0.4, 0.5) is 13.8 Å². The molecule has 1 aromatic carbocycles. The number of aromatic nitrogens is 2. The summed E-state index contributed by atoms with van der Waals surface area (Å²) in [5.74, 6) is -1.88. The van der Waals surface area contributed by atoms with Crippen LogP contribution in [0.1, 0.15) is 64.4 Å². The summed E-state index contributed by atoms with van der Waals surface area (Å²) in [6, 6.07) is 2.38. The minimum atomic E-state index is -1.11. The topological polar surface area (TPSA) is 92.7 Å². The van der Waals surface area contributed by atoms with Crippen LogP contribution in [-0.2, 0) is 13.0 Å². The number of fused-ring (bicyclic) bond motifs is 1. The Bertz CT molecular complexity index is 1310. The van der Waals surface area contributed by atoms with Crippen LogP contribution in [0.3, 0.4) is 0 Å². The van der Waals surface area contributed by atoms with Crippen molar-refractivity contribution in [3.05, 3.63) is 56.7 Å². The molecular formula is C26H30F2N4O3S. The van der Waals surface area contributed by atoms with Gasteiger partial charge in [-0.15, -0.1) is 11.3 Å². The van der Waals surface area contributed by atoms with Gasteiger partial charge in [0.1, 0.15) is 16.6 Å². The van der Waals surface area contributed by atoms with Crippen molar-refractivity contribution < 1.29 is 23.8 Å². The Morgan fingerprint density at radius 2 is 1.92 bits per heavy atom. The van der Waals surface area contributed by atoms with Crippen LogP contribution in [0, 0.1) is 31.4 Å². The first-order chi connectivity index (χ1) is 17.1. The second-order valence-electron chi connectivity index (χ2n) is 10.1. The number of H-pyrrole nitrogens is 1. The lowest BCUT2D eigenvalue weighted by Gasteiger charge is -2.42. The molecule has 10 heteroatoms. The van der Waals surface area contributed by atoms with E-state index in [1.165, 1.54) is 22.3 Å². The maximum absolute atomic E-state index is 15.7. The van der Waals surface area contributed by atoms with Crippen molar-refractivity contribution >= 4 is 22.2 Å². The minimum absolute atomic E-state index is 0.0664. The number of carbonyl (C=O) groups excluding carboxylic acids is 1. The molecule has 1 aliphatic heterocycles. The molecule has 3 aromatic rings. The van der Waals surface area contributed by atoms with E-state index in [-0.39, 0.29) is 23.4 Å². The van der Waals surface area contributed by atoms with Crippen molar-refractivity contribution in [1.29, 1.82) is 0 Å². The molecule has 5 rings (SSSR count). The Morgan fingerprint density at radius 3 is 2.50 bits per heavy atom. The first kappa shape index (κ1) is 24.9. The van der Waals surface area contributed by atoms with Gasteiger partial charge in [0.05, 0.1) is 17.9 Å². The SMILES string of the molecule is Cc1n[nH]c(C)c1Cc1sc2c(c1-c1ccc(F)c(CO)c1F)C(=O)N(C1CC1)C(O)N2CC(C)C. The normalized spacial score (nSPS) is 17.9. The molecule has 192 valence electrons. The number of halogens is 2. The average Bonchev–Trinajstić information content (AvgIpc) is 3.51. The quantitative estimate of drug-likeness (QED) is 0.431. The number of rotatable bonds is 7. The Labute approximate surface area is 212 Å². The van der Waals surface area contributed by atoms with E-state index in [0.717, 1.165) is 35.9 Å². The molecular weight excluding hydrogens is 486 g/mol. The molecule has 2 aromatic heterocycles. The summed E-state index contributed by atoms with van der Waals surface area (Å²) in [5.41, 5.74) is 2.94. The minimum Gasteiger partial charge on any atom is -0.391 e. The number of benzene rings is 1. The van der Waals surface area contributed by atoms with Crippen LogP contribution in [0.5, 0.6) is 0 Å². The molecule has 0 radical (unpaired) electrons. The largest absolute Gasteiger partial charge is 0.391 e. The van der Waals surface area contributed by atoms with Crippen molar-refractivity contribution in [2.45, 2.75) is 66.0 Å². The summed E-state index contributed by atoms with van der Waals surface area (Å²) >= 11 is 1.34. The van der Waals surface area contributed by atoms with Gasteiger partial charge in [0.2, 0.25) is 6.35 Å². The van der Waals surface area contributed by atoms with Gasteiger partial charge in [0.25, 0.3) is 5.91 Å². The molecule has 1 unspecified atom stereocenters. The lowest BCUT2D eigenvalue weighted by molar-refractivity contribution is -0.00280. The molecule has 1 atom stereocenters. The van der Waals surface area contributed by atoms with Crippen LogP contribution in [0.15, 0.2) is 12.1 Å². The number of aliphatic hydroxyl groups excluding tert-OH is 2. The molecule has 36 heavy (non-hydrogen) atoms. The number of nitrogens with one attached hydrogen (secondary N) is 1. The molecule has 1 saturated carbocycles. The number of anilines is 1. The third-order valence-corrected chi connectivity index (χ3v) is 8.16. The Kier molecular flexibility index (Phi) is 6.38. The Morgan fingerprint density at radius 1 is 1.19 bits per heavy atom. The van der Waals surface area contributed by atoms with Crippen molar-refractivity contribution in [3.63, 3.8) is 0 Å². The highest BCUT2D eigenvalue weighted by Gasteiger charge is 2.47. The highest BCUT2D eigenvalue weighted by atomic mass is 32.1. The van der Waals surface area contributed by atoms with E-state index in [2.05, 4.69) is 10.2 Å². The molecule has 0 saturated heterocycles. The second-order valence-corrected chi connectivity index (χ2v) is 11.1. The molecule has 3 N–H and O–H groups in total. The maximum atomic E-state index is 15.7. The fourth-order valence-electron chi connectivity index (χ4n) is 4.97.